The number of hydrogen-bond donors (Lipinski definition) is 2. The summed E-state index contributed by atoms with van der Waals surface area (Å²) in [4.78, 5) is 16.1. The quantitative estimate of drug-likeness (QED) is 0.891. The molecule has 6 heteroatoms. The number of nitrogens with zero attached hydrogens (tertiary/aromatic N) is 1. The van der Waals surface area contributed by atoms with E-state index in [0.717, 1.165) is 31.9 Å². The minimum Gasteiger partial charge on any atom is -0.359 e. The first-order valence-electron chi connectivity index (χ1n) is 7.96. The third-order valence-electron chi connectivity index (χ3n) is 4.28. The summed E-state index contributed by atoms with van der Waals surface area (Å²) in [7, 11) is 2.17. The molecule has 4 nitrogen and oxygen atoms in total. The number of carbonyl (C=O) groups is 1. The smallest absolute Gasteiger partial charge is 0.258 e. The lowest BCUT2D eigenvalue weighted by Gasteiger charge is -2.33. The molecule has 1 saturated heterocycles. The molecule has 1 aliphatic rings. The van der Waals surface area contributed by atoms with Crippen LogP contribution in [0.5, 0.6) is 0 Å². The molecule has 0 bridgehead atoms. The zero-order chi connectivity index (χ0) is 17.1. The molecule has 3 rings (SSSR count). The maximum Gasteiger partial charge on any atom is 0.258 e. The first kappa shape index (κ1) is 16.7. The number of likely N-dealkylation sites (N-methyl/N-ethyl adjacent to an activating group) is 1. The maximum absolute atomic E-state index is 13.8. The van der Waals surface area contributed by atoms with Gasteiger partial charge in [-0.2, -0.15) is 0 Å². The molecule has 1 heterocycles. The lowest BCUT2D eigenvalue weighted by atomic mass is 10.1. The zero-order valence-electron chi connectivity index (χ0n) is 13.5. The van der Waals surface area contributed by atoms with Crippen LogP contribution < -0.4 is 15.1 Å². The molecule has 0 aliphatic carbocycles. The van der Waals surface area contributed by atoms with Gasteiger partial charge in [0.15, 0.2) is 0 Å². The van der Waals surface area contributed by atoms with E-state index in [1.165, 1.54) is 17.0 Å². The van der Waals surface area contributed by atoms with E-state index in [1.807, 2.05) is 6.07 Å². The van der Waals surface area contributed by atoms with Crippen molar-refractivity contribution in [3.05, 3.63) is 58.9 Å². The summed E-state index contributed by atoms with van der Waals surface area (Å²) in [5.41, 5.74) is 1.54. The summed E-state index contributed by atoms with van der Waals surface area (Å²) in [6.07, 6.45) is 0. The molecule has 0 atom stereocenters. The van der Waals surface area contributed by atoms with E-state index in [9.17, 15) is 9.18 Å². The molecule has 2 aromatic carbocycles. The standard InChI is InChI=1S/C18H19ClFN3O/c1-22-8-10-23(11-9-22)17-7-6-13(19)12-16(17)21-18(24)14-4-2-3-5-15(14)20/h2-7,12H,8-11H2,1H3,(H,21,24)/p+1. The van der Waals surface area contributed by atoms with E-state index in [0.29, 0.717) is 10.7 Å². The predicted molar refractivity (Wildman–Crippen MR) is 94.6 cm³/mol. The fraction of sp³-hybridized carbons (Fsp3) is 0.278. The number of quaternary nitrogens is 1. The molecule has 0 radical (unpaired) electrons. The first-order chi connectivity index (χ1) is 11.5. The highest BCUT2D eigenvalue weighted by Crippen LogP contribution is 2.30. The van der Waals surface area contributed by atoms with Gasteiger partial charge in [0.1, 0.15) is 5.82 Å². The van der Waals surface area contributed by atoms with Crippen molar-refractivity contribution in [1.29, 1.82) is 0 Å². The molecule has 2 aromatic rings. The Kier molecular flexibility index (Phi) is 5.02. The molecular formula is C18H20ClFN3O+. The highest BCUT2D eigenvalue weighted by atomic mass is 35.5. The van der Waals surface area contributed by atoms with Crippen LogP contribution in [0.2, 0.25) is 5.02 Å². The van der Waals surface area contributed by atoms with Gasteiger partial charge in [0.2, 0.25) is 0 Å². The van der Waals surface area contributed by atoms with Crippen molar-refractivity contribution in [2.45, 2.75) is 0 Å². The van der Waals surface area contributed by atoms with Crippen molar-refractivity contribution in [2.24, 2.45) is 0 Å². The molecule has 1 fully saturated rings. The average Bonchev–Trinajstić information content (AvgIpc) is 2.56. The van der Waals surface area contributed by atoms with Gasteiger partial charge < -0.3 is 15.1 Å². The van der Waals surface area contributed by atoms with E-state index in [1.54, 1.807) is 24.3 Å². The van der Waals surface area contributed by atoms with Gasteiger partial charge in [-0.1, -0.05) is 23.7 Å². The Balaban J connectivity index is 1.86. The third kappa shape index (κ3) is 3.68. The monoisotopic (exact) mass is 348 g/mol. The van der Waals surface area contributed by atoms with E-state index in [2.05, 4.69) is 17.3 Å². The second kappa shape index (κ2) is 7.20. The summed E-state index contributed by atoms with van der Waals surface area (Å²) in [6, 6.07) is 11.4. The minimum absolute atomic E-state index is 0.0197. The number of anilines is 2. The van der Waals surface area contributed by atoms with Crippen molar-refractivity contribution >= 4 is 28.9 Å². The molecule has 1 aliphatic heterocycles. The number of hydrogen-bond acceptors (Lipinski definition) is 2. The second-order valence-electron chi connectivity index (χ2n) is 6.04. The van der Waals surface area contributed by atoms with Crippen LogP contribution >= 0.6 is 11.6 Å². The third-order valence-corrected chi connectivity index (χ3v) is 4.52. The van der Waals surface area contributed by atoms with Gasteiger partial charge in [0.25, 0.3) is 5.91 Å². The normalized spacial score (nSPS) is 15.4. The summed E-state index contributed by atoms with van der Waals surface area (Å²) in [6.45, 7) is 3.86. The van der Waals surface area contributed by atoms with Crippen molar-refractivity contribution in [3.63, 3.8) is 0 Å². The Morgan fingerprint density at radius 2 is 1.92 bits per heavy atom. The van der Waals surface area contributed by atoms with Crippen LogP contribution in [-0.4, -0.2) is 39.1 Å². The number of halogens is 2. The van der Waals surface area contributed by atoms with Crippen LogP contribution in [0.1, 0.15) is 10.4 Å². The molecule has 2 N–H and O–H groups in total. The largest absolute Gasteiger partial charge is 0.359 e. The maximum atomic E-state index is 13.8. The number of carbonyl (C=O) groups excluding carboxylic acids is 1. The van der Waals surface area contributed by atoms with Gasteiger partial charge in [-0.3, -0.25) is 4.79 Å². The summed E-state index contributed by atoms with van der Waals surface area (Å²) in [5.74, 6) is -1.02. The molecule has 24 heavy (non-hydrogen) atoms. The summed E-state index contributed by atoms with van der Waals surface area (Å²) < 4.78 is 13.8. The van der Waals surface area contributed by atoms with Crippen LogP contribution in [-0.2, 0) is 0 Å². The number of benzene rings is 2. The lowest BCUT2D eigenvalue weighted by Crippen LogP contribution is -3.12. The van der Waals surface area contributed by atoms with Gasteiger partial charge in [-0.15, -0.1) is 0 Å². The lowest BCUT2D eigenvalue weighted by molar-refractivity contribution is -0.880. The molecule has 0 spiro atoms. The molecular weight excluding hydrogens is 329 g/mol. The summed E-state index contributed by atoms with van der Waals surface area (Å²) in [5, 5.41) is 3.34. The van der Waals surface area contributed by atoms with E-state index >= 15 is 0 Å². The Hall–Kier alpha value is -2.11. The number of piperazine rings is 1. The molecule has 0 saturated carbocycles. The molecule has 0 unspecified atom stereocenters. The summed E-state index contributed by atoms with van der Waals surface area (Å²) >= 11 is 6.09. The number of nitrogens with one attached hydrogen (secondary N) is 2. The number of rotatable bonds is 3. The average molecular weight is 349 g/mol. The van der Waals surface area contributed by atoms with Crippen LogP contribution in [0.15, 0.2) is 42.5 Å². The van der Waals surface area contributed by atoms with E-state index in [4.69, 9.17) is 11.6 Å². The molecule has 1 amide bonds. The fourth-order valence-electron chi connectivity index (χ4n) is 2.85. The molecule has 126 valence electrons. The first-order valence-corrected chi connectivity index (χ1v) is 8.34. The van der Waals surface area contributed by atoms with Crippen LogP contribution in [0.3, 0.4) is 0 Å². The fourth-order valence-corrected chi connectivity index (χ4v) is 3.02. The Labute approximate surface area is 145 Å². The zero-order valence-corrected chi connectivity index (χ0v) is 14.2. The van der Waals surface area contributed by atoms with Gasteiger partial charge in [0, 0.05) is 5.02 Å². The van der Waals surface area contributed by atoms with E-state index < -0.39 is 11.7 Å². The van der Waals surface area contributed by atoms with Gasteiger partial charge in [-0.05, 0) is 30.3 Å². The van der Waals surface area contributed by atoms with Crippen molar-refractivity contribution in [2.75, 3.05) is 43.4 Å². The van der Waals surface area contributed by atoms with Gasteiger partial charge in [0.05, 0.1) is 50.2 Å². The van der Waals surface area contributed by atoms with Crippen molar-refractivity contribution in [3.8, 4) is 0 Å². The topological polar surface area (TPSA) is 36.8 Å². The highest BCUT2D eigenvalue weighted by Gasteiger charge is 2.21. The number of amides is 1. The van der Waals surface area contributed by atoms with Gasteiger partial charge in [-0.25, -0.2) is 4.39 Å². The van der Waals surface area contributed by atoms with Crippen LogP contribution in [0.4, 0.5) is 15.8 Å². The van der Waals surface area contributed by atoms with Crippen molar-refractivity contribution in [1.82, 2.24) is 0 Å². The SMILES string of the molecule is C[NH+]1CCN(c2ccc(Cl)cc2NC(=O)c2ccccc2F)CC1. The minimum atomic E-state index is -0.540. The Morgan fingerprint density at radius 1 is 1.21 bits per heavy atom. The highest BCUT2D eigenvalue weighted by molar-refractivity contribution is 6.31. The Morgan fingerprint density at radius 3 is 2.62 bits per heavy atom. The van der Waals surface area contributed by atoms with Crippen LogP contribution in [0.25, 0.3) is 0 Å². The predicted octanol–water partition coefficient (Wildman–Crippen LogP) is 2.07. The van der Waals surface area contributed by atoms with E-state index in [-0.39, 0.29) is 5.56 Å². The van der Waals surface area contributed by atoms with Gasteiger partial charge >= 0.3 is 0 Å². The van der Waals surface area contributed by atoms with Crippen molar-refractivity contribution < 1.29 is 14.1 Å². The van der Waals surface area contributed by atoms with Crippen LogP contribution in [0, 0.1) is 5.82 Å². The Bertz CT molecular complexity index is 745. The molecule has 0 aromatic heterocycles. The second-order valence-corrected chi connectivity index (χ2v) is 6.48.